The van der Waals surface area contributed by atoms with Gasteiger partial charge in [-0.1, -0.05) is 6.42 Å². The van der Waals surface area contributed by atoms with Gasteiger partial charge in [0.15, 0.2) is 6.79 Å². The number of carbonyl (C=O) groups excluding carboxylic acids is 1. The highest BCUT2D eigenvalue weighted by atomic mass is 16.7. The molecular formula is C17H25NO5. The van der Waals surface area contributed by atoms with E-state index in [1.165, 1.54) is 12.2 Å². The lowest BCUT2D eigenvalue weighted by molar-refractivity contribution is -0.173. The number of nitrogens with zero attached hydrogens (tertiary/aromatic N) is 1. The van der Waals surface area contributed by atoms with Crippen molar-refractivity contribution in [1.82, 2.24) is 5.06 Å². The Morgan fingerprint density at radius 2 is 2.04 bits per heavy atom. The highest BCUT2D eigenvalue weighted by Gasteiger charge is 2.37. The molecule has 1 aliphatic rings. The Kier molecular flexibility index (Phi) is 6.24. The summed E-state index contributed by atoms with van der Waals surface area (Å²) in [5.74, 6) is 1.45. The van der Waals surface area contributed by atoms with Crippen molar-refractivity contribution in [2.75, 3.05) is 35.2 Å². The molecule has 0 spiro atoms. The Labute approximate surface area is 137 Å². The fraction of sp³-hybridized carbons (Fsp3) is 0.588. The summed E-state index contributed by atoms with van der Waals surface area (Å²) in [6.07, 6.45) is 2.78. The first-order valence-corrected chi connectivity index (χ1v) is 7.73. The molecular weight excluding hydrogens is 298 g/mol. The summed E-state index contributed by atoms with van der Waals surface area (Å²) < 4.78 is 16.0. The van der Waals surface area contributed by atoms with E-state index in [0.29, 0.717) is 0 Å². The van der Waals surface area contributed by atoms with E-state index in [9.17, 15) is 4.79 Å². The van der Waals surface area contributed by atoms with Gasteiger partial charge in [0.05, 0.1) is 14.2 Å². The molecule has 0 radical (unpaired) electrons. The molecule has 1 saturated carbocycles. The number of benzene rings is 1. The van der Waals surface area contributed by atoms with Crippen molar-refractivity contribution >= 4 is 5.91 Å². The Hall–Kier alpha value is -1.79. The zero-order valence-corrected chi connectivity index (χ0v) is 14.2. The van der Waals surface area contributed by atoms with Gasteiger partial charge in [-0.2, -0.15) is 0 Å². The third-order valence-electron chi connectivity index (χ3n) is 4.37. The van der Waals surface area contributed by atoms with Gasteiger partial charge in [-0.05, 0) is 37.0 Å². The van der Waals surface area contributed by atoms with E-state index in [1.807, 2.05) is 18.2 Å². The smallest absolute Gasteiger partial charge is 0.249 e. The van der Waals surface area contributed by atoms with Crippen molar-refractivity contribution in [3.8, 4) is 11.5 Å². The molecule has 128 valence electrons. The minimum atomic E-state index is -0.114. The minimum absolute atomic E-state index is 0.00416. The third-order valence-corrected chi connectivity index (χ3v) is 4.37. The van der Waals surface area contributed by atoms with Gasteiger partial charge in [0, 0.05) is 25.6 Å². The molecule has 0 N–H and O–H groups in total. The summed E-state index contributed by atoms with van der Waals surface area (Å²) in [6.45, 7) is 0.169. The Morgan fingerprint density at radius 1 is 1.26 bits per heavy atom. The van der Waals surface area contributed by atoms with Crippen molar-refractivity contribution in [3.63, 3.8) is 0 Å². The quantitative estimate of drug-likeness (QED) is 0.570. The van der Waals surface area contributed by atoms with Gasteiger partial charge in [-0.3, -0.25) is 9.63 Å². The number of rotatable bonds is 7. The molecule has 1 aliphatic carbocycles. The van der Waals surface area contributed by atoms with E-state index < -0.39 is 0 Å². The standard InChI is InChI=1S/C17H25NO5/c1-18(22-4)17(19)14-7-5-6-13(14)15-10-12(21-3)8-9-16(15)23-11-20-2/h8-10,13-14H,5-7,11H2,1-4H3/t13-,14+/m1/s1. The molecule has 6 nitrogen and oxygen atoms in total. The van der Waals surface area contributed by atoms with Crippen LogP contribution in [0.5, 0.6) is 11.5 Å². The maximum absolute atomic E-state index is 12.5. The lowest BCUT2D eigenvalue weighted by Crippen LogP contribution is -2.33. The first kappa shape index (κ1) is 17.6. The number of hydrogen-bond donors (Lipinski definition) is 0. The van der Waals surface area contributed by atoms with Crippen molar-refractivity contribution in [2.24, 2.45) is 5.92 Å². The number of carbonyl (C=O) groups is 1. The Bertz CT molecular complexity index is 534. The molecule has 1 aromatic carbocycles. The summed E-state index contributed by atoms with van der Waals surface area (Å²) in [5.41, 5.74) is 0.988. The van der Waals surface area contributed by atoms with Crippen molar-refractivity contribution in [1.29, 1.82) is 0 Å². The molecule has 23 heavy (non-hydrogen) atoms. The zero-order valence-electron chi connectivity index (χ0n) is 14.2. The molecule has 6 heteroatoms. The average molecular weight is 323 g/mol. The van der Waals surface area contributed by atoms with Crippen molar-refractivity contribution in [2.45, 2.75) is 25.2 Å². The molecule has 0 unspecified atom stereocenters. The van der Waals surface area contributed by atoms with Crippen LogP contribution in [0.4, 0.5) is 0 Å². The van der Waals surface area contributed by atoms with Crippen LogP contribution >= 0.6 is 0 Å². The zero-order chi connectivity index (χ0) is 16.8. The minimum Gasteiger partial charge on any atom is -0.497 e. The van der Waals surface area contributed by atoms with Crippen LogP contribution in [-0.2, 0) is 14.4 Å². The SMILES string of the molecule is COCOc1ccc(OC)cc1[C@@H]1CCC[C@@H]1C(=O)N(C)OC. The molecule has 1 aromatic rings. The third kappa shape index (κ3) is 3.95. The first-order chi connectivity index (χ1) is 11.1. The average Bonchev–Trinajstić information content (AvgIpc) is 3.07. The summed E-state index contributed by atoms with van der Waals surface area (Å²) >= 11 is 0. The molecule has 0 heterocycles. The second-order valence-electron chi connectivity index (χ2n) is 5.62. The van der Waals surface area contributed by atoms with Crippen LogP contribution in [0.15, 0.2) is 18.2 Å². The monoisotopic (exact) mass is 323 g/mol. The molecule has 0 bridgehead atoms. The number of amides is 1. The van der Waals surface area contributed by atoms with E-state index in [-0.39, 0.29) is 24.5 Å². The maximum Gasteiger partial charge on any atom is 0.249 e. The fourth-order valence-electron chi connectivity index (χ4n) is 3.15. The Morgan fingerprint density at radius 3 is 2.70 bits per heavy atom. The van der Waals surface area contributed by atoms with Gasteiger partial charge in [0.2, 0.25) is 5.91 Å². The van der Waals surface area contributed by atoms with E-state index in [0.717, 1.165) is 36.3 Å². The van der Waals surface area contributed by atoms with Gasteiger partial charge in [-0.25, -0.2) is 5.06 Å². The molecule has 0 saturated heterocycles. The summed E-state index contributed by atoms with van der Waals surface area (Å²) in [6, 6.07) is 5.67. The van der Waals surface area contributed by atoms with Crippen LogP contribution in [0.25, 0.3) is 0 Å². The van der Waals surface area contributed by atoms with E-state index in [4.69, 9.17) is 19.0 Å². The molecule has 1 fully saturated rings. The van der Waals surface area contributed by atoms with Gasteiger partial charge >= 0.3 is 0 Å². The highest BCUT2D eigenvalue weighted by molar-refractivity contribution is 5.79. The fourth-order valence-corrected chi connectivity index (χ4v) is 3.15. The van der Waals surface area contributed by atoms with Gasteiger partial charge in [0.1, 0.15) is 11.5 Å². The van der Waals surface area contributed by atoms with Crippen LogP contribution in [-0.4, -0.2) is 46.1 Å². The largest absolute Gasteiger partial charge is 0.497 e. The number of hydrogen-bond acceptors (Lipinski definition) is 5. The van der Waals surface area contributed by atoms with Gasteiger partial charge in [0.25, 0.3) is 0 Å². The van der Waals surface area contributed by atoms with E-state index >= 15 is 0 Å². The lowest BCUT2D eigenvalue weighted by Gasteiger charge is -2.25. The van der Waals surface area contributed by atoms with Crippen LogP contribution < -0.4 is 9.47 Å². The second kappa shape index (κ2) is 8.17. The summed E-state index contributed by atoms with van der Waals surface area (Å²) in [5, 5.41) is 1.30. The molecule has 2 atom stereocenters. The number of hydroxylamine groups is 2. The maximum atomic E-state index is 12.5. The molecule has 2 rings (SSSR count). The predicted octanol–water partition coefficient (Wildman–Crippen LogP) is 2.58. The van der Waals surface area contributed by atoms with Gasteiger partial charge in [-0.15, -0.1) is 0 Å². The number of ether oxygens (including phenoxy) is 3. The first-order valence-electron chi connectivity index (χ1n) is 7.73. The van der Waals surface area contributed by atoms with Crippen molar-refractivity contribution < 1.29 is 23.8 Å². The normalized spacial score (nSPS) is 20.3. The highest BCUT2D eigenvalue weighted by Crippen LogP contribution is 2.45. The van der Waals surface area contributed by atoms with Crippen LogP contribution in [0.1, 0.15) is 30.7 Å². The topological polar surface area (TPSA) is 57.2 Å². The second-order valence-corrected chi connectivity index (χ2v) is 5.62. The van der Waals surface area contributed by atoms with Crippen molar-refractivity contribution in [3.05, 3.63) is 23.8 Å². The van der Waals surface area contributed by atoms with Crippen LogP contribution in [0.2, 0.25) is 0 Å². The predicted molar refractivity (Wildman–Crippen MR) is 85.4 cm³/mol. The van der Waals surface area contributed by atoms with Gasteiger partial charge < -0.3 is 14.2 Å². The summed E-state index contributed by atoms with van der Waals surface area (Å²) in [7, 11) is 6.36. The van der Waals surface area contributed by atoms with Crippen LogP contribution in [0.3, 0.4) is 0 Å². The molecule has 0 aliphatic heterocycles. The van der Waals surface area contributed by atoms with E-state index in [2.05, 4.69) is 0 Å². The van der Waals surface area contributed by atoms with Crippen LogP contribution in [0, 0.1) is 5.92 Å². The molecule has 0 aromatic heterocycles. The number of methoxy groups -OCH3 is 2. The van der Waals surface area contributed by atoms with E-state index in [1.54, 1.807) is 21.3 Å². The lowest BCUT2D eigenvalue weighted by atomic mass is 9.87. The molecule has 1 amide bonds. The Balaban J connectivity index is 2.31. The summed E-state index contributed by atoms with van der Waals surface area (Å²) in [4.78, 5) is 17.6.